The number of aryl methyl sites for hydroxylation is 1. The van der Waals surface area contributed by atoms with Crippen molar-refractivity contribution in [2.75, 3.05) is 11.1 Å². The van der Waals surface area contributed by atoms with Crippen LogP contribution in [0.3, 0.4) is 0 Å². The van der Waals surface area contributed by atoms with Crippen LogP contribution in [0, 0.1) is 0 Å². The van der Waals surface area contributed by atoms with Gasteiger partial charge in [-0.1, -0.05) is 44.2 Å². The second kappa shape index (κ2) is 6.53. The predicted molar refractivity (Wildman–Crippen MR) is 99.4 cm³/mol. The van der Waals surface area contributed by atoms with Crippen LogP contribution in [0.5, 0.6) is 0 Å². The molecule has 3 rings (SSSR count). The molecule has 3 heteroatoms. The van der Waals surface area contributed by atoms with E-state index in [0.717, 1.165) is 40.7 Å². The van der Waals surface area contributed by atoms with Gasteiger partial charge in [0.15, 0.2) is 0 Å². The highest BCUT2D eigenvalue weighted by Gasteiger charge is 2.11. The fourth-order valence-corrected chi connectivity index (χ4v) is 2.97. The highest BCUT2D eigenvalue weighted by Crippen LogP contribution is 2.34. The Bertz CT molecular complexity index is 847. The zero-order valence-corrected chi connectivity index (χ0v) is 13.3. The van der Waals surface area contributed by atoms with Gasteiger partial charge in [0, 0.05) is 23.3 Å². The smallest absolute Gasteiger partial charge is 0.0646 e. The molecule has 3 aromatic rings. The summed E-state index contributed by atoms with van der Waals surface area (Å²) in [5.74, 6) is 0. The van der Waals surface area contributed by atoms with Crippen LogP contribution in [-0.4, -0.2) is 4.98 Å². The lowest BCUT2D eigenvalue weighted by Crippen LogP contribution is -2.01. The third-order valence-electron chi connectivity index (χ3n) is 4.00. The number of hydrogen-bond donors (Lipinski definition) is 2. The van der Waals surface area contributed by atoms with Gasteiger partial charge in [0.1, 0.15) is 0 Å². The van der Waals surface area contributed by atoms with E-state index < -0.39 is 0 Å². The highest BCUT2D eigenvalue weighted by molar-refractivity contribution is 5.97. The van der Waals surface area contributed by atoms with Crippen molar-refractivity contribution in [2.24, 2.45) is 0 Å². The van der Waals surface area contributed by atoms with Gasteiger partial charge in [0.2, 0.25) is 0 Å². The summed E-state index contributed by atoms with van der Waals surface area (Å²) < 4.78 is 0. The summed E-state index contributed by atoms with van der Waals surface area (Å²) in [7, 11) is 0. The van der Waals surface area contributed by atoms with E-state index in [2.05, 4.69) is 48.1 Å². The molecule has 1 aromatic heterocycles. The third kappa shape index (κ3) is 2.90. The summed E-state index contributed by atoms with van der Waals surface area (Å²) >= 11 is 0. The summed E-state index contributed by atoms with van der Waals surface area (Å²) in [4.78, 5) is 4.38. The first-order valence-corrected chi connectivity index (χ1v) is 7.87. The van der Waals surface area contributed by atoms with Crippen LogP contribution < -0.4 is 11.1 Å². The molecule has 0 unspecified atom stereocenters. The topological polar surface area (TPSA) is 50.9 Å². The molecule has 0 atom stereocenters. The Balaban J connectivity index is 2.21. The number of pyridine rings is 1. The van der Waals surface area contributed by atoms with Crippen molar-refractivity contribution in [3.05, 3.63) is 67.1 Å². The monoisotopic (exact) mass is 303 g/mol. The molecular formula is C20H21N3. The predicted octanol–water partition coefficient (Wildman–Crippen LogP) is 4.99. The minimum atomic E-state index is 0.735. The molecule has 3 nitrogen and oxygen atoms in total. The Hall–Kier alpha value is -2.81. The third-order valence-corrected chi connectivity index (χ3v) is 4.00. The molecule has 0 amide bonds. The molecule has 3 N–H and O–H groups in total. The molecule has 0 radical (unpaired) electrons. The average Bonchev–Trinajstić information content (AvgIpc) is 2.57. The number of aromatic nitrogens is 1. The number of hydrogen-bond acceptors (Lipinski definition) is 3. The Morgan fingerprint density at radius 1 is 1.22 bits per heavy atom. The maximum atomic E-state index is 6.29. The van der Waals surface area contributed by atoms with E-state index in [4.69, 9.17) is 5.73 Å². The van der Waals surface area contributed by atoms with E-state index in [0.29, 0.717) is 0 Å². The van der Waals surface area contributed by atoms with Gasteiger partial charge in [0.25, 0.3) is 0 Å². The zero-order valence-electron chi connectivity index (χ0n) is 13.3. The van der Waals surface area contributed by atoms with Gasteiger partial charge in [0.05, 0.1) is 11.4 Å². The molecular weight excluding hydrogens is 282 g/mol. The summed E-state index contributed by atoms with van der Waals surface area (Å²) in [6, 6.07) is 12.5. The van der Waals surface area contributed by atoms with Crippen LogP contribution in [0.25, 0.3) is 21.9 Å². The Morgan fingerprint density at radius 2 is 2.04 bits per heavy atom. The van der Waals surface area contributed by atoms with Crippen LogP contribution >= 0.6 is 0 Å². The van der Waals surface area contributed by atoms with Gasteiger partial charge in [-0.15, -0.1) is 0 Å². The van der Waals surface area contributed by atoms with Crippen molar-refractivity contribution in [1.82, 2.24) is 4.98 Å². The molecule has 0 aliphatic carbocycles. The largest absolute Gasteiger partial charge is 0.397 e. The Labute approximate surface area is 136 Å². The second-order valence-electron chi connectivity index (χ2n) is 5.61. The lowest BCUT2D eigenvalue weighted by molar-refractivity contribution is 0.924. The number of anilines is 2. The number of nitrogen functional groups attached to an aromatic ring is 1. The SMILES string of the molecule is C=CNc1c(N)cc(-c2cncc3ccccc23)cc1CCC. The van der Waals surface area contributed by atoms with Crippen molar-refractivity contribution < 1.29 is 0 Å². The molecule has 0 saturated heterocycles. The average molecular weight is 303 g/mol. The van der Waals surface area contributed by atoms with Crippen molar-refractivity contribution in [3.63, 3.8) is 0 Å². The molecule has 0 aliphatic heterocycles. The Kier molecular flexibility index (Phi) is 4.29. The standard InChI is InChI=1S/C20H21N3/c1-3-7-14-10-16(11-19(21)20(14)23-4-2)18-13-22-12-15-8-5-6-9-17(15)18/h4-6,8-13,23H,2-3,7,21H2,1H3. The fourth-order valence-electron chi connectivity index (χ4n) is 2.97. The van der Waals surface area contributed by atoms with Crippen LogP contribution in [0.1, 0.15) is 18.9 Å². The van der Waals surface area contributed by atoms with Crippen LogP contribution in [0.2, 0.25) is 0 Å². The van der Waals surface area contributed by atoms with Crippen molar-refractivity contribution in [1.29, 1.82) is 0 Å². The number of benzene rings is 2. The summed E-state index contributed by atoms with van der Waals surface area (Å²) in [6.45, 7) is 5.91. The van der Waals surface area contributed by atoms with Crippen molar-refractivity contribution in [2.45, 2.75) is 19.8 Å². The maximum Gasteiger partial charge on any atom is 0.0646 e. The van der Waals surface area contributed by atoms with E-state index in [1.165, 1.54) is 10.9 Å². The van der Waals surface area contributed by atoms with Crippen molar-refractivity contribution in [3.8, 4) is 11.1 Å². The van der Waals surface area contributed by atoms with Gasteiger partial charge in [-0.25, -0.2) is 0 Å². The molecule has 2 aromatic carbocycles. The molecule has 0 bridgehead atoms. The summed E-state index contributed by atoms with van der Waals surface area (Å²) in [5, 5.41) is 5.49. The van der Waals surface area contributed by atoms with Crippen LogP contribution in [0.4, 0.5) is 11.4 Å². The minimum absolute atomic E-state index is 0.735. The lowest BCUT2D eigenvalue weighted by Gasteiger charge is -2.15. The van der Waals surface area contributed by atoms with Crippen molar-refractivity contribution >= 4 is 22.1 Å². The molecule has 0 aliphatic rings. The first-order chi connectivity index (χ1) is 11.2. The van der Waals surface area contributed by atoms with E-state index in [1.807, 2.05) is 24.5 Å². The van der Waals surface area contributed by atoms with E-state index in [9.17, 15) is 0 Å². The van der Waals surface area contributed by atoms with E-state index in [1.54, 1.807) is 6.20 Å². The van der Waals surface area contributed by atoms with E-state index >= 15 is 0 Å². The fraction of sp³-hybridized carbons (Fsp3) is 0.150. The molecule has 0 saturated carbocycles. The number of nitrogens with zero attached hydrogens (tertiary/aromatic N) is 1. The number of fused-ring (bicyclic) bond motifs is 1. The quantitative estimate of drug-likeness (QED) is 0.653. The molecule has 1 heterocycles. The van der Waals surface area contributed by atoms with Crippen LogP contribution in [-0.2, 0) is 6.42 Å². The molecule has 0 fully saturated rings. The zero-order chi connectivity index (χ0) is 16.2. The van der Waals surface area contributed by atoms with Gasteiger partial charge < -0.3 is 11.1 Å². The molecule has 0 spiro atoms. The van der Waals surface area contributed by atoms with Crippen LogP contribution in [0.15, 0.2) is 61.6 Å². The lowest BCUT2D eigenvalue weighted by atomic mass is 9.96. The summed E-state index contributed by atoms with van der Waals surface area (Å²) in [6.07, 6.45) is 7.50. The van der Waals surface area contributed by atoms with Gasteiger partial charge in [-0.05, 0) is 41.3 Å². The molecule has 23 heavy (non-hydrogen) atoms. The maximum absolute atomic E-state index is 6.29. The van der Waals surface area contributed by atoms with Gasteiger partial charge in [-0.2, -0.15) is 0 Å². The Morgan fingerprint density at radius 3 is 2.83 bits per heavy atom. The minimum Gasteiger partial charge on any atom is -0.397 e. The van der Waals surface area contributed by atoms with E-state index in [-0.39, 0.29) is 0 Å². The number of nitrogens with two attached hydrogens (primary N) is 1. The number of rotatable bonds is 5. The second-order valence-corrected chi connectivity index (χ2v) is 5.61. The van der Waals surface area contributed by atoms with Gasteiger partial charge in [-0.3, -0.25) is 4.98 Å². The normalized spacial score (nSPS) is 10.7. The van der Waals surface area contributed by atoms with Gasteiger partial charge >= 0.3 is 0 Å². The molecule has 116 valence electrons. The number of nitrogens with one attached hydrogen (secondary N) is 1. The summed E-state index contributed by atoms with van der Waals surface area (Å²) in [5.41, 5.74) is 11.4. The first kappa shape index (κ1) is 15.1. The highest BCUT2D eigenvalue weighted by atomic mass is 14.9. The first-order valence-electron chi connectivity index (χ1n) is 7.87.